The van der Waals surface area contributed by atoms with Crippen molar-refractivity contribution in [2.75, 3.05) is 0 Å². The minimum atomic E-state index is -0.651. The van der Waals surface area contributed by atoms with E-state index in [1.807, 2.05) is 19.9 Å². The molecule has 86 valence electrons. The van der Waals surface area contributed by atoms with Crippen molar-refractivity contribution in [1.29, 1.82) is 0 Å². The number of aromatic nitrogens is 4. The fourth-order valence-electron chi connectivity index (χ4n) is 1.67. The molecule has 0 aromatic carbocycles. The Hall–Kier alpha value is -1.69. The molecule has 1 atom stereocenters. The predicted octanol–water partition coefficient (Wildman–Crippen LogP) is 0.696. The maximum atomic E-state index is 10.0. The van der Waals surface area contributed by atoms with Gasteiger partial charge in [-0.3, -0.25) is 0 Å². The number of aryl methyl sites for hydroxylation is 3. The molecule has 2 heterocycles. The van der Waals surface area contributed by atoms with E-state index in [2.05, 4.69) is 15.4 Å². The molecule has 0 fully saturated rings. The van der Waals surface area contributed by atoms with Gasteiger partial charge in [0.05, 0.1) is 13.2 Å². The van der Waals surface area contributed by atoms with E-state index in [0.29, 0.717) is 12.2 Å². The van der Waals surface area contributed by atoms with Gasteiger partial charge in [-0.2, -0.15) is 4.80 Å². The number of aliphatic hydroxyl groups excluding tert-OH is 1. The van der Waals surface area contributed by atoms with Crippen LogP contribution in [0.1, 0.15) is 29.0 Å². The third-order valence-corrected chi connectivity index (χ3v) is 2.36. The van der Waals surface area contributed by atoms with Gasteiger partial charge in [0.25, 0.3) is 0 Å². The lowest BCUT2D eigenvalue weighted by Gasteiger charge is -2.05. The molecular formula is C10H14N4O2. The molecule has 6 nitrogen and oxygen atoms in total. The number of rotatable bonds is 3. The van der Waals surface area contributed by atoms with Crippen LogP contribution in [-0.4, -0.2) is 25.3 Å². The van der Waals surface area contributed by atoms with Crippen molar-refractivity contribution in [1.82, 2.24) is 20.2 Å². The zero-order chi connectivity index (χ0) is 11.7. The van der Waals surface area contributed by atoms with Gasteiger partial charge < -0.3 is 9.52 Å². The summed E-state index contributed by atoms with van der Waals surface area (Å²) in [5.74, 6) is 2.04. The summed E-state index contributed by atoms with van der Waals surface area (Å²) in [4.78, 5) is 1.37. The second-order valence-electron chi connectivity index (χ2n) is 3.78. The predicted molar refractivity (Wildman–Crippen MR) is 55.6 cm³/mol. The Morgan fingerprint density at radius 3 is 2.75 bits per heavy atom. The Kier molecular flexibility index (Phi) is 2.74. The third kappa shape index (κ3) is 2.11. The molecule has 2 aromatic heterocycles. The molecule has 0 aliphatic heterocycles. The van der Waals surface area contributed by atoms with Crippen LogP contribution in [0, 0.1) is 13.8 Å². The fraction of sp³-hybridized carbons (Fsp3) is 0.500. The Morgan fingerprint density at radius 1 is 1.50 bits per heavy atom. The van der Waals surface area contributed by atoms with E-state index in [-0.39, 0.29) is 0 Å². The molecule has 1 N–H and O–H groups in total. The second kappa shape index (κ2) is 4.05. The van der Waals surface area contributed by atoms with Crippen molar-refractivity contribution in [2.45, 2.75) is 26.4 Å². The van der Waals surface area contributed by atoms with Crippen LogP contribution in [-0.2, 0) is 13.5 Å². The number of furan rings is 1. The summed E-state index contributed by atoms with van der Waals surface area (Å²) in [5.41, 5.74) is 0.782. The molecule has 0 amide bonds. The van der Waals surface area contributed by atoms with Gasteiger partial charge in [0.2, 0.25) is 0 Å². The highest BCUT2D eigenvalue weighted by Crippen LogP contribution is 2.23. The maximum absolute atomic E-state index is 10.0. The number of hydrogen-bond donors (Lipinski definition) is 1. The van der Waals surface area contributed by atoms with Crippen LogP contribution in [0.15, 0.2) is 10.5 Å². The normalized spacial score (nSPS) is 13.0. The molecule has 0 aliphatic rings. The van der Waals surface area contributed by atoms with E-state index in [9.17, 15) is 5.11 Å². The number of aliphatic hydroxyl groups is 1. The quantitative estimate of drug-likeness (QED) is 0.827. The summed E-state index contributed by atoms with van der Waals surface area (Å²) in [6.45, 7) is 3.68. The Labute approximate surface area is 92.9 Å². The van der Waals surface area contributed by atoms with Gasteiger partial charge in [-0.25, -0.2) is 0 Å². The highest BCUT2D eigenvalue weighted by molar-refractivity contribution is 5.23. The maximum Gasteiger partial charge on any atom is 0.177 e. The molecule has 2 rings (SSSR count). The molecule has 0 saturated carbocycles. The zero-order valence-corrected chi connectivity index (χ0v) is 9.51. The molecule has 2 aromatic rings. The molecule has 0 radical (unpaired) electrons. The summed E-state index contributed by atoms with van der Waals surface area (Å²) in [7, 11) is 1.69. The van der Waals surface area contributed by atoms with Gasteiger partial charge >= 0.3 is 0 Å². The van der Waals surface area contributed by atoms with Crippen molar-refractivity contribution >= 4 is 0 Å². The van der Waals surface area contributed by atoms with Gasteiger partial charge in [0.1, 0.15) is 11.5 Å². The van der Waals surface area contributed by atoms with Gasteiger partial charge in [0, 0.05) is 12.0 Å². The zero-order valence-electron chi connectivity index (χ0n) is 9.51. The molecule has 0 bridgehead atoms. The van der Waals surface area contributed by atoms with Gasteiger partial charge in [-0.1, -0.05) is 0 Å². The summed E-state index contributed by atoms with van der Waals surface area (Å²) in [5, 5.41) is 21.6. The van der Waals surface area contributed by atoms with E-state index >= 15 is 0 Å². The van der Waals surface area contributed by atoms with E-state index in [1.165, 1.54) is 4.80 Å². The highest BCUT2D eigenvalue weighted by Gasteiger charge is 2.17. The standard InChI is InChI=1S/C10H14N4O2/c1-6-4-8(7(2)16-6)9(15)5-10-11-13-14(3)12-10/h4,9,15H,5H2,1-3H3. The first kappa shape index (κ1) is 10.8. The lowest BCUT2D eigenvalue weighted by atomic mass is 10.1. The van der Waals surface area contributed by atoms with Crippen LogP contribution in [0.2, 0.25) is 0 Å². The van der Waals surface area contributed by atoms with Crippen LogP contribution in [0.25, 0.3) is 0 Å². The van der Waals surface area contributed by atoms with Crippen LogP contribution in [0.5, 0.6) is 0 Å². The first-order valence-electron chi connectivity index (χ1n) is 5.04. The summed E-state index contributed by atoms with van der Waals surface area (Å²) < 4.78 is 5.36. The van der Waals surface area contributed by atoms with Crippen molar-refractivity contribution < 1.29 is 9.52 Å². The minimum Gasteiger partial charge on any atom is -0.466 e. The fourth-order valence-corrected chi connectivity index (χ4v) is 1.67. The Bertz CT molecular complexity index is 489. The van der Waals surface area contributed by atoms with Crippen molar-refractivity contribution in [3.8, 4) is 0 Å². The molecule has 0 saturated heterocycles. The number of hydrogen-bond acceptors (Lipinski definition) is 5. The van der Waals surface area contributed by atoms with Gasteiger partial charge in [0.15, 0.2) is 5.82 Å². The van der Waals surface area contributed by atoms with Crippen LogP contribution in [0.3, 0.4) is 0 Å². The third-order valence-electron chi connectivity index (χ3n) is 2.36. The first-order valence-corrected chi connectivity index (χ1v) is 5.04. The monoisotopic (exact) mass is 222 g/mol. The van der Waals surface area contributed by atoms with Crippen molar-refractivity contribution in [3.05, 3.63) is 29.0 Å². The lowest BCUT2D eigenvalue weighted by Crippen LogP contribution is -2.04. The average Bonchev–Trinajstić information content (AvgIpc) is 2.73. The number of nitrogens with zero attached hydrogens (tertiary/aromatic N) is 4. The second-order valence-corrected chi connectivity index (χ2v) is 3.78. The van der Waals surface area contributed by atoms with Crippen LogP contribution >= 0.6 is 0 Å². The van der Waals surface area contributed by atoms with E-state index in [1.54, 1.807) is 7.05 Å². The number of tetrazole rings is 1. The Morgan fingerprint density at radius 2 is 2.25 bits per heavy atom. The van der Waals surface area contributed by atoms with E-state index in [4.69, 9.17) is 4.42 Å². The van der Waals surface area contributed by atoms with Crippen LogP contribution < -0.4 is 0 Å². The molecule has 16 heavy (non-hydrogen) atoms. The summed E-state index contributed by atoms with van der Waals surface area (Å²) >= 11 is 0. The average molecular weight is 222 g/mol. The smallest absolute Gasteiger partial charge is 0.177 e. The first-order chi connectivity index (χ1) is 7.56. The van der Waals surface area contributed by atoms with Crippen molar-refractivity contribution in [2.24, 2.45) is 7.05 Å². The van der Waals surface area contributed by atoms with Gasteiger partial charge in [-0.05, 0) is 25.1 Å². The van der Waals surface area contributed by atoms with E-state index < -0.39 is 6.10 Å². The molecule has 0 spiro atoms. The molecular weight excluding hydrogens is 208 g/mol. The molecule has 6 heteroatoms. The van der Waals surface area contributed by atoms with Crippen molar-refractivity contribution in [3.63, 3.8) is 0 Å². The largest absolute Gasteiger partial charge is 0.466 e. The topological polar surface area (TPSA) is 77.0 Å². The van der Waals surface area contributed by atoms with Crippen LogP contribution in [0.4, 0.5) is 0 Å². The highest BCUT2D eigenvalue weighted by atomic mass is 16.3. The SMILES string of the molecule is Cc1cc(C(O)Cc2nnn(C)n2)c(C)o1. The van der Waals surface area contributed by atoms with E-state index in [0.717, 1.165) is 17.1 Å². The molecule has 1 unspecified atom stereocenters. The Balaban J connectivity index is 2.14. The van der Waals surface area contributed by atoms with Gasteiger partial charge in [-0.15, -0.1) is 10.2 Å². The molecule has 0 aliphatic carbocycles. The summed E-state index contributed by atoms with van der Waals surface area (Å²) in [6, 6.07) is 1.83. The lowest BCUT2D eigenvalue weighted by molar-refractivity contribution is 0.173. The minimum absolute atomic E-state index is 0.341. The summed E-state index contributed by atoms with van der Waals surface area (Å²) in [6.07, 6.45) is -0.310.